The maximum atomic E-state index is 13.2. The van der Waals surface area contributed by atoms with Crippen LogP contribution in [-0.2, 0) is 4.79 Å². The Kier molecular flexibility index (Phi) is 3.72. The van der Waals surface area contributed by atoms with Crippen LogP contribution in [0.25, 0.3) is 11.0 Å². The van der Waals surface area contributed by atoms with Crippen molar-refractivity contribution in [3.63, 3.8) is 0 Å². The van der Waals surface area contributed by atoms with E-state index in [9.17, 15) is 9.59 Å². The van der Waals surface area contributed by atoms with E-state index < -0.39 is 0 Å². The Morgan fingerprint density at radius 1 is 1.27 bits per heavy atom. The second kappa shape index (κ2) is 5.94. The molecule has 2 aromatic heterocycles. The first-order valence-corrected chi connectivity index (χ1v) is 8.51. The summed E-state index contributed by atoms with van der Waals surface area (Å²) in [5.74, 6) is -0.451. The van der Waals surface area contributed by atoms with Gasteiger partial charge in [0.05, 0.1) is 28.8 Å². The molecule has 0 saturated carbocycles. The summed E-state index contributed by atoms with van der Waals surface area (Å²) in [7, 11) is 0. The molecule has 0 bridgehead atoms. The average molecular weight is 349 g/mol. The fourth-order valence-electron chi connectivity index (χ4n) is 3.22. The molecule has 0 fully saturated rings. The lowest BCUT2D eigenvalue weighted by atomic mass is 10.1. The van der Waals surface area contributed by atoms with Gasteiger partial charge < -0.3 is 5.32 Å². The van der Waals surface area contributed by atoms with E-state index in [1.54, 1.807) is 25.3 Å². The van der Waals surface area contributed by atoms with Gasteiger partial charge in [-0.3, -0.25) is 14.5 Å². The predicted octanol–water partition coefficient (Wildman–Crippen LogP) is 2.92. The van der Waals surface area contributed by atoms with E-state index in [0.717, 1.165) is 11.0 Å². The Bertz CT molecular complexity index is 1040. The molecule has 3 aromatic rings. The molecule has 4 rings (SSSR count). The fourth-order valence-corrected chi connectivity index (χ4v) is 3.22. The lowest BCUT2D eigenvalue weighted by Crippen LogP contribution is -2.42. The predicted molar refractivity (Wildman–Crippen MR) is 99.4 cm³/mol. The Balaban J connectivity index is 1.80. The highest BCUT2D eigenvalue weighted by Gasteiger charge is 2.29. The molecule has 7 nitrogen and oxygen atoms in total. The van der Waals surface area contributed by atoms with Gasteiger partial charge in [-0.15, -0.1) is 0 Å². The van der Waals surface area contributed by atoms with Crippen molar-refractivity contribution in [2.75, 3.05) is 16.8 Å². The summed E-state index contributed by atoms with van der Waals surface area (Å²) in [6.45, 7) is 5.86. The number of hydrogen-bond donors (Lipinski definition) is 1. The van der Waals surface area contributed by atoms with E-state index in [-0.39, 0.29) is 24.4 Å². The van der Waals surface area contributed by atoms with Crippen molar-refractivity contribution in [2.24, 2.45) is 0 Å². The fraction of sp³-hybridized carbons (Fsp3) is 0.263. The van der Waals surface area contributed by atoms with Crippen molar-refractivity contribution >= 4 is 34.2 Å². The minimum atomic E-state index is -0.239. The van der Waals surface area contributed by atoms with Crippen molar-refractivity contribution in [3.05, 3.63) is 47.8 Å². The molecular formula is C19H19N5O2. The summed E-state index contributed by atoms with van der Waals surface area (Å²) in [5, 5.41) is 7.96. The molecule has 0 unspecified atom stereocenters. The minimum Gasteiger partial charge on any atom is -0.323 e. The lowest BCUT2D eigenvalue weighted by Gasteiger charge is -2.29. The molecular weight excluding hydrogens is 330 g/mol. The van der Waals surface area contributed by atoms with Crippen LogP contribution in [0.4, 0.5) is 11.4 Å². The molecule has 3 heterocycles. The number of nitrogens with one attached hydrogen (secondary N) is 1. The normalized spacial score (nSPS) is 13.8. The molecule has 26 heavy (non-hydrogen) atoms. The van der Waals surface area contributed by atoms with E-state index in [4.69, 9.17) is 0 Å². The second-order valence-corrected chi connectivity index (χ2v) is 6.67. The van der Waals surface area contributed by atoms with Crippen molar-refractivity contribution in [3.8, 4) is 0 Å². The van der Waals surface area contributed by atoms with Gasteiger partial charge in [0.2, 0.25) is 5.91 Å². The SMILES string of the molecule is Cc1nc2c(cnn2C(C)C)cc1C(=O)N1CC(=O)Nc2ccccc21. The summed E-state index contributed by atoms with van der Waals surface area (Å²) < 4.78 is 1.83. The number of benzene rings is 1. The van der Waals surface area contributed by atoms with E-state index in [1.807, 2.05) is 36.7 Å². The number of pyridine rings is 1. The topological polar surface area (TPSA) is 80.1 Å². The quantitative estimate of drug-likeness (QED) is 0.771. The van der Waals surface area contributed by atoms with Crippen molar-refractivity contribution in [1.29, 1.82) is 0 Å². The number of rotatable bonds is 2. The summed E-state index contributed by atoms with van der Waals surface area (Å²) in [5.41, 5.74) is 3.18. The standard InChI is InChI=1S/C19H19N5O2/c1-11(2)24-18-13(9-20-24)8-14(12(3)21-18)19(26)23-10-17(25)22-15-6-4-5-7-16(15)23/h4-9,11H,10H2,1-3H3,(H,22,25). The number of para-hydroxylation sites is 2. The third-order valence-corrected chi connectivity index (χ3v) is 4.50. The number of amides is 2. The third-order valence-electron chi connectivity index (χ3n) is 4.50. The molecule has 2 amide bonds. The van der Waals surface area contributed by atoms with E-state index in [0.29, 0.717) is 22.6 Å². The Morgan fingerprint density at radius 2 is 2.04 bits per heavy atom. The number of carbonyl (C=O) groups excluding carboxylic acids is 2. The van der Waals surface area contributed by atoms with Gasteiger partial charge in [0.1, 0.15) is 6.54 Å². The highest BCUT2D eigenvalue weighted by molar-refractivity contribution is 6.16. The van der Waals surface area contributed by atoms with Crippen molar-refractivity contribution < 1.29 is 9.59 Å². The van der Waals surface area contributed by atoms with Crippen LogP contribution in [0.3, 0.4) is 0 Å². The van der Waals surface area contributed by atoms with Gasteiger partial charge in [-0.1, -0.05) is 12.1 Å². The van der Waals surface area contributed by atoms with Crippen LogP contribution in [0.15, 0.2) is 36.5 Å². The number of aromatic nitrogens is 3. The largest absolute Gasteiger partial charge is 0.323 e. The second-order valence-electron chi connectivity index (χ2n) is 6.67. The lowest BCUT2D eigenvalue weighted by molar-refractivity contribution is -0.115. The number of nitrogens with zero attached hydrogens (tertiary/aromatic N) is 4. The Labute approximate surface area is 150 Å². The molecule has 1 aliphatic rings. The van der Waals surface area contributed by atoms with Gasteiger partial charge in [0.15, 0.2) is 5.65 Å². The van der Waals surface area contributed by atoms with Crippen LogP contribution in [0.2, 0.25) is 0 Å². The maximum absolute atomic E-state index is 13.2. The third kappa shape index (κ3) is 2.52. The smallest absolute Gasteiger partial charge is 0.260 e. The number of fused-ring (bicyclic) bond motifs is 2. The number of carbonyl (C=O) groups is 2. The highest BCUT2D eigenvalue weighted by Crippen LogP contribution is 2.31. The van der Waals surface area contributed by atoms with E-state index in [2.05, 4.69) is 15.4 Å². The van der Waals surface area contributed by atoms with Crippen LogP contribution in [0, 0.1) is 6.92 Å². The first kappa shape index (κ1) is 16.3. The molecule has 0 radical (unpaired) electrons. The molecule has 0 aliphatic carbocycles. The molecule has 132 valence electrons. The Morgan fingerprint density at radius 3 is 2.81 bits per heavy atom. The van der Waals surface area contributed by atoms with Gasteiger partial charge in [0.25, 0.3) is 5.91 Å². The zero-order valence-electron chi connectivity index (χ0n) is 14.9. The molecule has 0 saturated heterocycles. The van der Waals surface area contributed by atoms with Crippen LogP contribution in [-0.4, -0.2) is 33.1 Å². The van der Waals surface area contributed by atoms with Crippen LogP contribution >= 0.6 is 0 Å². The van der Waals surface area contributed by atoms with Gasteiger partial charge in [-0.05, 0) is 39.0 Å². The molecule has 0 spiro atoms. The molecule has 7 heteroatoms. The Hall–Kier alpha value is -3.22. The molecule has 1 N–H and O–H groups in total. The first-order valence-electron chi connectivity index (χ1n) is 8.51. The van der Waals surface area contributed by atoms with Gasteiger partial charge in [0, 0.05) is 11.4 Å². The summed E-state index contributed by atoms with van der Waals surface area (Å²) in [6, 6.07) is 9.27. The van der Waals surface area contributed by atoms with Crippen LogP contribution in [0.5, 0.6) is 0 Å². The van der Waals surface area contributed by atoms with E-state index >= 15 is 0 Å². The van der Waals surface area contributed by atoms with Crippen LogP contribution < -0.4 is 10.2 Å². The monoisotopic (exact) mass is 349 g/mol. The maximum Gasteiger partial charge on any atom is 0.260 e. The van der Waals surface area contributed by atoms with Crippen LogP contribution in [0.1, 0.15) is 35.9 Å². The summed E-state index contributed by atoms with van der Waals surface area (Å²) >= 11 is 0. The highest BCUT2D eigenvalue weighted by atomic mass is 16.2. The van der Waals surface area contributed by atoms with E-state index in [1.165, 1.54) is 4.90 Å². The first-order chi connectivity index (χ1) is 12.5. The van der Waals surface area contributed by atoms with Crippen molar-refractivity contribution in [1.82, 2.24) is 14.8 Å². The zero-order chi connectivity index (χ0) is 18.4. The molecule has 1 aromatic carbocycles. The average Bonchev–Trinajstić information content (AvgIpc) is 3.02. The minimum absolute atomic E-state index is 0.0153. The number of anilines is 2. The molecule has 1 aliphatic heterocycles. The summed E-state index contributed by atoms with van der Waals surface area (Å²) in [4.78, 5) is 31.3. The van der Waals surface area contributed by atoms with Gasteiger partial charge in [-0.2, -0.15) is 5.10 Å². The van der Waals surface area contributed by atoms with Crippen molar-refractivity contribution in [2.45, 2.75) is 26.8 Å². The summed E-state index contributed by atoms with van der Waals surface area (Å²) in [6.07, 6.45) is 1.72. The molecule has 0 atom stereocenters. The number of aryl methyl sites for hydroxylation is 1. The van der Waals surface area contributed by atoms with Gasteiger partial charge in [-0.25, -0.2) is 9.67 Å². The zero-order valence-corrected chi connectivity index (χ0v) is 14.9. The number of hydrogen-bond acceptors (Lipinski definition) is 4. The van der Waals surface area contributed by atoms with Gasteiger partial charge >= 0.3 is 0 Å².